The Hall–Kier alpha value is -2.77. The SMILES string of the molecule is CCNC(=O)N1CCN(C(=O)c2cccc(OCC(=O)O)c2)CC1. The Kier molecular flexibility index (Phi) is 6.00. The predicted molar refractivity (Wildman–Crippen MR) is 86.1 cm³/mol. The van der Waals surface area contributed by atoms with Gasteiger partial charge in [0.2, 0.25) is 0 Å². The Bertz CT molecular complexity index is 611. The number of benzene rings is 1. The maximum Gasteiger partial charge on any atom is 0.341 e. The van der Waals surface area contributed by atoms with Gasteiger partial charge in [0.15, 0.2) is 6.61 Å². The van der Waals surface area contributed by atoms with Gasteiger partial charge < -0.3 is 25.0 Å². The second-order valence-electron chi connectivity index (χ2n) is 5.32. The van der Waals surface area contributed by atoms with Gasteiger partial charge in [-0.05, 0) is 25.1 Å². The molecule has 24 heavy (non-hydrogen) atoms. The molecule has 3 amide bonds. The highest BCUT2D eigenvalue weighted by Crippen LogP contribution is 2.16. The molecule has 0 spiro atoms. The average molecular weight is 335 g/mol. The second-order valence-corrected chi connectivity index (χ2v) is 5.32. The number of hydrogen-bond acceptors (Lipinski definition) is 4. The van der Waals surface area contributed by atoms with Crippen LogP contribution in [0.25, 0.3) is 0 Å². The fourth-order valence-electron chi connectivity index (χ4n) is 2.42. The van der Waals surface area contributed by atoms with Crippen molar-refractivity contribution in [3.8, 4) is 5.75 Å². The summed E-state index contributed by atoms with van der Waals surface area (Å²) >= 11 is 0. The van der Waals surface area contributed by atoms with Gasteiger partial charge in [0.05, 0.1) is 0 Å². The number of aliphatic carboxylic acids is 1. The van der Waals surface area contributed by atoms with Crippen molar-refractivity contribution < 1.29 is 24.2 Å². The lowest BCUT2D eigenvalue weighted by atomic mass is 10.1. The van der Waals surface area contributed by atoms with Gasteiger partial charge in [-0.1, -0.05) is 6.07 Å². The van der Waals surface area contributed by atoms with Crippen LogP contribution < -0.4 is 10.1 Å². The number of ether oxygens (including phenoxy) is 1. The van der Waals surface area contributed by atoms with E-state index in [1.807, 2.05) is 6.92 Å². The van der Waals surface area contributed by atoms with Gasteiger partial charge in [-0.25, -0.2) is 9.59 Å². The third kappa shape index (κ3) is 4.61. The maximum atomic E-state index is 12.5. The minimum Gasteiger partial charge on any atom is -0.482 e. The Balaban J connectivity index is 1.94. The van der Waals surface area contributed by atoms with Gasteiger partial charge in [0, 0.05) is 38.3 Å². The Morgan fingerprint density at radius 1 is 1.17 bits per heavy atom. The first-order valence-electron chi connectivity index (χ1n) is 7.78. The first-order valence-corrected chi connectivity index (χ1v) is 7.78. The lowest BCUT2D eigenvalue weighted by Gasteiger charge is -2.34. The van der Waals surface area contributed by atoms with E-state index >= 15 is 0 Å². The monoisotopic (exact) mass is 335 g/mol. The van der Waals surface area contributed by atoms with E-state index in [1.165, 1.54) is 6.07 Å². The van der Waals surface area contributed by atoms with E-state index in [0.29, 0.717) is 44.0 Å². The molecule has 130 valence electrons. The molecule has 1 saturated heterocycles. The largest absolute Gasteiger partial charge is 0.482 e. The average Bonchev–Trinajstić information content (AvgIpc) is 2.60. The van der Waals surface area contributed by atoms with E-state index in [2.05, 4.69) is 5.32 Å². The molecule has 0 atom stereocenters. The normalized spacial score (nSPS) is 14.2. The first-order chi connectivity index (χ1) is 11.5. The Morgan fingerprint density at radius 3 is 2.46 bits per heavy atom. The number of hydrogen-bond donors (Lipinski definition) is 2. The third-order valence-corrected chi connectivity index (χ3v) is 3.63. The van der Waals surface area contributed by atoms with Crippen LogP contribution in [-0.4, -0.2) is 72.1 Å². The summed E-state index contributed by atoms with van der Waals surface area (Å²) in [5, 5.41) is 11.4. The summed E-state index contributed by atoms with van der Waals surface area (Å²) in [5.41, 5.74) is 0.435. The van der Waals surface area contributed by atoms with Crippen molar-refractivity contribution in [3.05, 3.63) is 29.8 Å². The molecule has 2 rings (SSSR count). The van der Waals surface area contributed by atoms with Crippen LogP contribution in [0.5, 0.6) is 5.75 Å². The quantitative estimate of drug-likeness (QED) is 0.822. The number of urea groups is 1. The smallest absolute Gasteiger partial charge is 0.341 e. The molecule has 0 radical (unpaired) electrons. The van der Waals surface area contributed by atoms with Gasteiger partial charge in [-0.2, -0.15) is 0 Å². The zero-order valence-corrected chi connectivity index (χ0v) is 13.5. The number of carbonyl (C=O) groups excluding carboxylic acids is 2. The molecular formula is C16H21N3O5. The molecule has 0 bridgehead atoms. The topological polar surface area (TPSA) is 99.2 Å². The van der Waals surface area contributed by atoms with E-state index in [-0.39, 0.29) is 11.9 Å². The molecule has 1 aliphatic rings. The van der Waals surface area contributed by atoms with Gasteiger partial charge >= 0.3 is 12.0 Å². The van der Waals surface area contributed by atoms with Crippen molar-refractivity contribution in [1.82, 2.24) is 15.1 Å². The maximum absolute atomic E-state index is 12.5. The molecule has 8 heteroatoms. The van der Waals surface area contributed by atoms with E-state index in [1.54, 1.807) is 28.0 Å². The van der Waals surface area contributed by atoms with Crippen molar-refractivity contribution in [2.24, 2.45) is 0 Å². The number of nitrogens with zero attached hydrogens (tertiary/aromatic N) is 2. The van der Waals surface area contributed by atoms with Crippen LogP contribution in [0, 0.1) is 0 Å². The van der Waals surface area contributed by atoms with Crippen LogP contribution >= 0.6 is 0 Å². The summed E-state index contributed by atoms with van der Waals surface area (Å²) in [4.78, 5) is 38.2. The van der Waals surface area contributed by atoms with Crippen LogP contribution in [0.15, 0.2) is 24.3 Å². The number of carboxylic acid groups (broad SMARTS) is 1. The number of rotatable bonds is 5. The lowest BCUT2D eigenvalue weighted by Crippen LogP contribution is -2.53. The van der Waals surface area contributed by atoms with Crippen molar-refractivity contribution >= 4 is 17.9 Å². The zero-order chi connectivity index (χ0) is 17.5. The molecule has 1 aromatic rings. The molecule has 1 heterocycles. The highest BCUT2D eigenvalue weighted by molar-refractivity contribution is 5.94. The molecule has 0 aromatic heterocycles. The van der Waals surface area contributed by atoms with E-state index in [0.717, 1.165) is 0 Å². The summed E-state index contributed by atoms with van der Waals surface area (Å²) in [6.07, 6.45) is 0. The highest BCUT2D eigenvalue weighted by atomic mass is 16.5. The number of carboxylic acids is 1. The molecule has 1 aromatic carbocycles. The first kappa shape index (κ1) is 17.6. The van der Waals surface area contributed by atoms with Crippen LogP contribution in [0.2, 0.25) is 0 Å². The number of piperazine rings is 1. The van der Waals surface area contributed by atoms with Gasteiger partial charge in [-0.15, -0.1) is 0 Å². The molecule has 1 fully saturated rings. The molecule has 1 aliphatic heterocycles. The molecule has 8 nitrogen and oxygen atoms in total. The standard InChI is InChI=1S/C16H21N3O5/c1-2-17-16(23)19-8-6-18(7-9-19)15(22)12-4-3-5-13(10-12)24-11-14(20)21/h3-5,10H,2,6-9,11H2,1H3,(H,17,23)(H,20,21). The lowest BCUT2D eigenvalue weighted by molar-refractivity contribution is -0.139. The Labute approximate surface area is 140 Å². The molecule has 0 aliphatic carbocycles. The van der Waals surface area contributed by atoms with E-state index in [4.69, 9.17) is 9.84 Å². The van der Waals surface area contributed by atoms with Gasteiger partial charge in [0.1, 0.15) is 5.75 Å². The fraction of sp³-hybridized carbons (Fsp3) is 0.438. The summed E-state index contributed by atoms with van der Waals surface area (Å²) in [6, 6.07) is 6.32. The van der Waals surface area contributed by atoms with Crippen molar-refractivity contribution in [2.45, 2.75) is 6.92 Å². The van der Waals surface area contributed by atoms with Crippen molar-refractivity contribution in [3.63, 3.8) is 0 Å². The third-order valence-electron chi connectivity index (χ3n) is 3.63. The summed E-state index contributed by atoms with van der Waals surface area (Å²) in [7, 11) is 0. The van der Waals surface area contributed by atoms with Crippen molar-refractivity contribution in [2.75, 3.05) is 39.3 Å². The summed E-state index contributed by atoms with van der Waals surface area (Å²) in [6.45, 7) is 3.84. The molecule has 0 unspecified atom stereocenters. The second kappa shape index (κ2) is 8.19. The predicted octanol–water partition coefficient (Wildman–Crippen LogP) is 0.637. The minimum atomic E-state index is -1.08. The highest BCUT2D eigenvalue weighted by Gasteiger charge is 2.24. The number of nitrogens with one attached hydrogen (secondary N) is 1. The fourth-order valence-corrected chi connectivity index (χ4v) is 2.42. The molecule has 0 saturated carbocycles. The van der Waals surface area contributed by atoms with Gasteiger partial charge in [-0.3, -0.25) is 4.79 Å². The van der Waals surface area contributed by atoms with E-state index < -0.39 is 12.6 Å². The molecular weight excluding hydrogens is 314 g/mol. The van der Waals surface area contributed by atoms with Crippen LogP contribution in [0.3, 0.4) is 0 Å². The van der Waals surface area contributed by atoms with Gasteiger partial charge in [0.25, 0.3) is 5.91 Å². The Morgan fingerprint density at radius 2 is 1.83 bits per heavy atom. The number of carbonyl (C=O) groups is 3. The van der Waals surface area contributed by atoms with Crippen LogP contribution in [0.4, 0.5) is 4.79 Å². The number of amides is 3. The van der Waals surface area contributed by atoms with Crippen LogP contribution in [-0.2, 0) is 4.79 Å². The van der Waals surface area contributed by atoms with Crippen LogP contribution in [0.1, 0.15) is 17.3 Å². The summed E-state index contributed by atoms with van der Waals surface area (Å²) < 4.78 is 5.09. The molecule has 2 N–H and O–H groups in total. The minimum absolute atomic E-state index is 0.117. The van der Waals surface area contributed by atoms with Crippen molar-refractivity contribution in [1.29, 1.82) is 0 Å². The summed E-state index contributed by atoms with van der Waals surface area (Å²) in [5.74, 6) is -0.899. The zero-order valence-electron chi connectivity index (χ0n) is 13.5. The van der Waals surface area contributed by atoms with E-state index in [9.17, 15) is 14.4 Å².